The number of carbonyl (C=O) groups excluding carboxylic acids is 2. The Kier molecular flexibility index (Phi) is 10.8. The number of carbonyl (C=O) groups is 2. The molecule has 0 aliphatic heterocycles. The second kappa shape index (κ2) is 13.8. The summed E-state index contributed by atoms with van der Waals surface area (Å²) in [4.78, 5) is 29.3. The molecule has 0 aliphatic rings. The highest BCUT2D eigenvalue weighted by Gasteiger charge is 2.33. The van der Waals surface area contributed by atoms with Gasteiger partial charge in [-0.05, 0) is 48.6 Å². The topological polar surface area (TPSA) is 86.8 Å². The summed E-state index contributed by atoms with van der Waals surface area (Å²) >= 11 is 6.30. The van der Waals surface area contributed by atoms with E-state index in [0.717, 1.165) is 27.3 Å². The van der Waals surface area contributed by atoms with Gasteiger partial charge in [0, 0.05) is 24.5 Å². The molecular weight excluding hydrogens is 546 g/mol. The molecule has 40 heavy (non-hydrogen) atoms. The van der Waals surface area contributed by atoms with Crippen LogP contribution in [0, 0.1) is 19.8 Å². The molecule has 0 heterocycles. The van der Waals surface area contributed by atoms with Crippen LogP contribution in [0.25, 0.3) is 0 Å². The molecule has 0 saturated heterocycles. The van der Waals surface area contributed by atoms with Crippen molar-refractivity contribution < 1.29 is 18.0 Å². The van der Waals surface area contributed by atoms with E-state index in [9.17, 15) is 18.0 Å². The monoisotopic (exact) mass is 583 g/mol. The summed E-state index contributed by atoms with van der Waals surface area (Å²) in [7, 11) is -3.87. The Balaban J connectivity index is 2.07. The Bertz CT molecular complexity index is 1430. The van der Waals surface area contributed by atoms with Crippen LogP contribution in [0.5, 0.6) is 0 Å². The van der Waals surface area contributed by atoms with Gasteiger partial charge < -0.3 is 10.2 Å². The van der Waals surface area contributed by atoms with Crippen molar-refractivity contribution >= 4 is 39.1 Å². The highest BCUT2D eigenvalue weighted by Crippen LogP contribution is 2.28. The van der Waals surface area contributed by atoms with E-state index in [0.29, 0.717) is 22.8 Å². The third-order valence-electron chi connectivity index (χ3n) is 6.58. The zero-order chi connectivity index (χ0) is 29.4. The van der Waals surface area contributed by atoms with Crippen LogP contribution in [-0.2, 0) is 32.6 Å². The molecule has 0 saturated carbocycles. The highest BCUT2D eigenvalue weighted by atomic mass is 35.5. The Morgan fingerprint density at radius 2 is 1.57 bits per heavy atom. The maximum atomic E-state index is 14.1. The van der Waals surface area contributed by atoms with E-state index in [1.165, 1.54) is 4.90 Å². The van der Waals surface area contributed by atoms with Gasteiger partial charge in [0.1, 0.15) is 12.6 Å². The second-order valence-electron chi connectivity index (χ2n) is 10.5. The summed E-state index contributed by atoms with van der Waals surface area (Å²) < 4.78 is 27.0. The van der Waals surface area contributed by atoms with Crippen LogP contribution in [0.1, 0.15) is 36.1 Å². The van der Waals surface area contributed by atoms with Gasteiger partial charge in [-0.15, -0.1) is 0 Å². The summed E-state index contributed by atoms with van der Waals surface area (Å²) in [5, 5.41) is 3.38. The number of hydrogen-bond donors (Lipinski definition) is 1. The minimum Gasteiger partial charge on any atom is -0.354 e. The summed E-state index contributed by atoms with van der Waals surface area (Å²) in [5.41, 5.74) is 3.61. The minimum absolute atomic E-state index is 0.138. The lowest BCUT2D eigenvalue weighted by Gasteiger charge is -2.34. The van der Waals surface area contributed by atoms with E-state index in [1.54, 1.807) is 25.1 Å². The molecule has 0 unspecified atom stereocenters. The van der Waals surface area contributed by atoms with Gasteiger partial charge in [0.15, 0.2) is 0 Å². The number of aryl methyl sites for hydroxylation is 1. The van der Waals surface area contributed by atoms with Crippen molar-refractivity contribution in [1.82, 2.24) is 10.2 Å². The summed E-state index contributed by atoms with van der Waals surface area (Å²) in [6.07, 6.45) is 1.33. The predicted octanol–water partition coefficient (Wildman–Crippen LogP) is 5.14. The first-order valence-corrected chi connectivity index (χ1v) is 15.5. The molecule has 0 fully saturated rings. The van der Waals surface area contributed by atoms with Crippen molar-refractivity contribution in [3.05, 3.63) is 100 Å². The Labute approximate surface area is 243 Å². The van der Waals surface area contributed by atoms with Crippen LogP contribution in [0.2, 0.25) is 5.02 Å². The smallest absolute Gasteiger partial charge is 0.244 e. The van der Waals surface area contributed by atoms with Crippen molar-refractivity contribution in [2.75, 3.05) is 23.7 Å². The average molecular weight is 584 g/mol. The van der Waals surface area contributed by atoms with Gasteiger partial charge in [0.25, 0.3) is 0 Å². The fourth-order valence-corrected chi connectivity index (χ4v) is 5.51. The molecule has 0 aromatic heterocycles. The van der Waals surface area contributed by atoms with E-state index in [4.69, 9.17) is 11.6 Å². The first-order chi connectivity index (χ1) is 18.9. The molecule has 0 bridgehead atoms. The van der Waals surface area contributed by atoms with E-state index in [1.807, 2.05) is 75.4 Å². The summed E-state index contributed by atoms with van der Waals surface area (Å²) in [6, 6.07) is 21.3. The van der Waals surface area contributed by atoms with Gasteiger partial charge in [0.2, 0.25) is 21.8 Å². The predicted molar refractivity (Wildman–Crippen MR) is 162 cm³/mol. The number of benzene rings is 3. The van der Waals surface area contributed by atoms with Crippen molar-refractivity contribution in [1.29, 1.82) is 0 Å². The molecule has 1 N–H and O–H groups in total. The van der Waals surface area contributed by atoms with Crippen molar-refractivity contribution in [2.24, 2.45) is 5.92 Å². The molecule has 3 aromatic carbocycles. The highest BCUT2D eigenvalue weighted by molar-refractivity contribution is 7.92. The van der Waals surface area contributed by atoms with Gasteiger partial charge >= 0.3 is 0 Å². The molecule has 9 heteroatoms. The van der Waals surface area contributed by atoms with Crippen LogP contribution in [0.15, 0.2) is 72.8 Å². The first-order valence-electron chi connectivity index (χ1n) is 13.3. The maximum absolute atomic E-state index is 14.1. The number of hydrogen-bond acceptors (Lipinski definition) is 4. The lowest BCUT2D eigenvalue weighted by molar-refractivity contribution is -0.140. The maximum Gasteiger partial charge on any atom is 0.244 e. The Hall–Kier alpha value is -3.36. The lowest BCUT2D eigenvalue weighted by atomic mass is 10.0. The van der Waals surface area contributed by atoms with E-state index in [-0.39, 0.29) is 24.8 Å². The van der Waals surface area contributed by atoms with Gasteiger partial charge in [-0.2, -0.15) is 0 Å². The largest absolute Gasteiger partial charge is 0.354 e. The van der Waals surface area contributed by atoms with Gasteiger partial charge in [-0.1, -0.05) is 91.7 Å². The number of halogens is 1. The number of amides is 2. The first kappa shape index (κ1) is 31.2. The Morgan fingerprint density at radius 1 is 0.925 bits per heavy atom. The van der Waals surface area contributed by atoms with Crippen molar-refractivity contribution in [2.45, 2.75) is 46.7 Å². The van der Waals surface area contributed by atoms with Crippen LogP contribution in [0.4, 0.5) is 5.69 Å². The molecular formula is C31H38ClN3O4S. The average Bonchev–Trinajstić information content (AvgIpc) is 2.89. The molecule has 0 spiro atoms. The molecule has 214 valence electrons. The molecule has 3 aromatic rings. The van der Waals surface area contributed by atoms with Gasteiger partial charge in [-0.3, -0.25) is 13.9 Å². The quantitative estimate of drug-likeness (QED) is 0.320. The third-order valence-corrected chi connectivity index (χ3v) is 8.11. The molecule has 1 atom stereocenters. The molecule has 3 rings (SSSR count). The van der Waals surface area contributed by atoms with E-state index in [2.05, 4.69) is 5.32 Å². The lowest BCUT2D eigenvalue weighted by Crippen LogP contribution is -2.53. The zero-order valence-electron chi connectivity index (χ0n) is 23.7. The van der Waals surface area contributed by atoms with Crippen molar-refractivity contribution in [3.63, 3.8) is 0 Å². The Morgan fingerprint density at radius 3 is 2.20 bits per heavy atom. The number of anilines is 1. The SMILES string of the molecule is Cc1cccc(CN(C(=O)CN(c2cccc(Cl)c2C)S(C)(=O)=O)[C@H](Cc2ccccc2)C(=O)NCC(C)C)c1. The fourth-order valence-electron chi connectivity index (χ4n) is 4.44. The van der Waals surface area contributed by atoms with Crippen molar-refractivity contribution in [3.8, 4) is 0 Å². The summed E-state index contributed by atoms with van der Waals surface area (Å²) in [5.74, 6) is -0.566. The van der Waals surface area contributed by atoms with E-state index < -0.39 is 28.5 Å². The molecule has 0 radical (unpaired) electrons. The fraction of sp³-hybridized carbons (Fsp3) is 0.355. The number of rotatable bonds is 12. The number of sulfonamides is 1. The zero-order valence-corrected chi connectivity index (χ0v) is 25.3. The van der Waals surface area contributed by atoms with E-state index >= 15 is 0 Å². The minimum atomic E-state index is -3.87. The van der Waals surface area contributed by atoms with Gasteiger partial charge in [0.05, 0.1) is 11.9 Å². The standard InChI is InChI=1S/C31H38ClN3O4S/c1-22(2)19-33-31(37)29(18-25-12-7-6-8-13-25)34(20-26-14-9-11-23(3)17-26)30(36)21-35(40(5,38)39)28-16-10-15-27(32)24(28)4/h6-17,22,29H,18-21H2,1-5H3,(H,33,37)/t29-/m1/s1. The number of nitrogens with zero attached hydrogens (tertiary/aromatic N) is 2. The molecule has 2 amide bonds. The van der Waals surface area contributed by atoms with Gasteiger partial charge in [-0.25, -0.2) is 8.42 Å². The third kappa shape index (κ3) is 8.57. The number of nitrogens with one attached hydrogen (secondary N) is 1. The van der Waals surface area contributed by atoms with Crippen LogP contribution in [0.3, 0.4) is 0 Å². The molecule has 0 aliphatic carbocycles. The van der Waals surface area contributed by atoms with Crippen LogP contribution >= 0.6 is 11.6 Å². The second-order valence-corrected chi connectivity index (χ2v) is 12.8. The normalized spacial score (nSPS) is 12.2. The molecule has 7 nitrogen and oxygen atoms in total. The van der Waals surface area contributed by atoms with Crippen LogP contribution in [-0.4, -0.2) is 50.5 Å². The van der Waals surface area contributed by atoms with Crippen LogP contribution < -0.4 is 9.62 Å². The summed E-state index contributed by atoms with van der Waals surface area (Å²) in [6.45, 7) is 7.78.